The second-order valence-electron chi connectivity index (χ2n) is 4.67. The first-order valence-electron chi connectivity index (χ1n) is 4.25. The maximum absolute atomic E-state index is 10.9. The Labute approximate surface area is 113 Å². The number of aliphatic hydroxyl groups is 2. The maximum Gasteiger partial charge on any atom is 1.00 e. The minimum Gasteiger partial charge on any atom is -0.390 e. The van der Waals surface area contributed by atoms with Crippen LogP contribution < -0.4 is 29.6 Å². The average Bonchev–Trinajstić information content (AvgIpc) is 1.75. The predicted octanol–water partition coefficient (Wildman–Crippen LogP) is -2.82. The molecule has 0 aromatic carbocycles. The molecule has 1 unspecified atom stereocenters. The maximum atomic E-state index is 10.9. The minimum absolute atomic E-state index is 0. The summed E-state index contributed by atoms with van der Waals surface area (Å²) in [7, 11) is -4.37. The van der Waals surface area contributed by atoms with Crippen LogP contribution in [0.5, 0.6) is 0 Å². The number of hydrogen-bond donors (Lipinski definition) is 3. The fourth-order valence-electron chi connectivity index (χ4n) is 1.17. The van der Waals surface area contributed by atoms with Gasteiger partial charge in [-0.25, -0.2) is 0 Å². The van der Waals surface area contributed by atoms with E-state index in [1.165, 1.54) is 27.7 Å². The Kier molecular flexibility index (Phi) is 6.60. The van der Waals surface area contributed by atoms with Crippen molar-refractivity contribution in [1.82, 2.24) is 0 Å². The van der Waals surface area contributed by atoms with Crippen molar-refractivity contribution < 1.29 is 52.7 Å². The van der Waals surface area contributed by atoms with Crippen molar-refractivity contribution in [2.75, 3.05) is 0 Å². The first-order chi connectivity index (χ1) is 5.84. The average molecular weight is 249 g/mol. The molecule has 0 aliphatic heterocycles. The Balaban J connectivity index is 0. The molecule has 0 aliphatic rings. The van der Waals surface area contributed by atoms with Gasteiger partial charge >= 0.3 is 29.6 Å². The summed E-state index contributed by atoms with van der Waals surface area (Å²) in [5.41, 5.74) is -2.85. The van der Waals surface area contributed by atoms with E-state index in [0.717, 1.165) is 0 Å². The summed E-state index contributed by atoms with van der Waals surface area (Å²) in [4.78, 5) is 0. The van der Waals surface area contributed by atoms with E-state index in [9.17, 15) is 18.6 Å². The van der Waals surface area contributed by atoms with E-state index in [-0.39, 0.29) is 36.0 Å². The van der Waals surface area contributed by atoms with Gasteiger partial charge in [0.1, 0.15) is 5.25 Å². The molecular formula is C8H18NaO5S+. The molecule has 0 fully saturated rings. The van der Waals surface area contributed by atoms with Gasteiger partial charge in [0.25, 0.3) is 10.1 Å². The normalized spacial score (nSPS) is 15.7. The molecule has 1 atom stereocenters. The molecule has 0 heterocycles. The summed E-state index contributed by atoms with van der Waals surface area (Å²) in [6.45, 7) is 5.38. The van der Waals surface area contributed by atoms with Crippen molar-refractivity contribution >= 4 is 10.1 Å². The van der Waals surface area contributed by atoms with E-state index in [1.54, 1.807) is 0 Å². The molecule has 0 radical (unpaired) electrons. The third-order valence-electron chi connectivity index (χ3n) is 1.83. The van der Waals surface area contributed by atoms with Gasteiger partial charge < -0.3 is 10.2 Å². The molecule has 15 heavy (non-hydrogen) atoms. The van der Waals surface area contributed by atoms with E-state index < -0.39 is 26.6 Å². The van der Waals surface area contributed by atoms with E-state index in [4.69, 9.17) is 4.55 Å². The summed E-state index contributed by atoms with van der Waals surface area (Å²) in [5, 5.41) is 17.6. The zero-order chi connectivity index (χ0) is 11.8. The topological polar surface area (TPSA) is 94.8 Å². The molecule has 3 N–H and O–H groups in total. The molecule has 0 amide bonds. The third-order valence-corrected chi connectivity index (χ3v) is 3.29. The van der Waals surface area contributed by atoms with Crippen LogP contribution in [-0.2, 0) is 10.1 Å². The van der Waals surface area contributed by atoms with Crippen molar-refractivity contribution in [1.29, 1.82) is 0 Å². The van der Waals surface area contributed by atoms with Crippen LogP contribution in [0.4, 0.5) is 0 Å². The second-order valence-corrected chi connectivity index (χ2v) is 6.27. The van der Waals surface area contributed by atoms with Crippen LogP contribution in [0.2, 0.25) is 0 Å². The Bertz CT molecular complexity index is 285. The van der Waals surface area contributed by atoms with Gasteiger partial charge in [0.15, 0.2) is 0 Å². The molecule has 0 aromatic heterocycles. The Morgan fingerprint density at radius 2 is 1.47 bits per heavy atom. The number of rotatable bonds is 4. The van der Waals surface area contributed by atoms with Gasteiger partial charge in [0.2, 0.25) is 0 Å². The van der Waals surface area contributed by atoms with E-state index in [1.807, 2.05) is 0 Å². The first-order valence-corrected chi connectivity index (χ1v) is 5.75. The van der Waals surface area contributed by atoms with Gasteiger partial charge in [-0.15, -0.1) is 0 Å². The van der Waals surface area contributed by atoms with E-state index in [0.29, 0.717) is 0 Å². The molecule has 0 saturated heterocycles. The summed E-state index contributed by atoms with van der Waals surface area (Å²) in [6.07, 6.45) is -0.227. The zero-order valence-electron chi connectivity index (χ0n) is 9.85. The molecular weight excluding hydrogens is 231 g/mol. The predicted molar refractivity (Wildman–Crippen MR) is 52.5 cm³/mol. The summed E-state index contributed by atoms with van der Waals surface area (Å²) < 4.78 is 30.8. The van der Waals surface area contributed by atoms with Crippen LogP contribution in [0.25, 0.3) is 0 Å². The molecule has 0 saturated carbocycles. The van der Waals surface area contributed by atoms with Gasteiger partial charge in [-0.2, -0.15) is 8.42 Å². The molecule has 0 spiro atoms. The van der Waals surface area contributed by atoms with Gasteiger partial charge in [-0.3, -0.25) is 4.55 Å². The van der Waals surface area contributed by atoms with E-state index in [2.05, 4.69) is 0 Å². The molecule has 0 aromatic rings. The van der Waals surface area contributed by atoms with Gasteiger partial charge in [-0.1, -0.05) is 0 Å². The fraction of sp³-hybridized carbons (Fsp3) is 1.00. The molecule has 0 aliphatic carbocycles. The van der Waals surface area contributed by atoms with Crippen LogP contribution in [0, 0.1) is 0 Å². The quantitative estimate of drug-likeness (QED) is 0.369. The Hall–Kier alpha value is 0.830. The van der Waals surface area contributed by atoms with Crippen molar-refractivity contribution in [3.8, 4) is 0 Å². The van der Waals surface area contributed by atoms with Crippen molar-refractivity contribution in [3.63, 3.8) is 0 Å². The second kappa shape index (κ2) is 5.44. The van der Waals surface area contributed by atoms with Gasteiger partial charge in [0, 0.05) is 0 Å². The molecule has 0 bridgehead atoms. The van der Waals surface area contributed by atoms with Crippen molar-refractivity contribution in [2.45, 2.75) is 50.6 Å². The number of hydrogen-bond acceptors (Lipinski definition) is 4. The molecule has 7 heteroatoms. The Morgan fingerprint density at radius 1 is 1.13 bits per heavy atom. The summed E-state index contributed by atoms with van der Waals surface area (Å²) in [6, 6.07) is 0. The van der Waals surface area contributed by atoms with Crippen LogP contribution in [0.15, 0.2) is 0 Å². The molecule has 5 nitrogen and oxygen atoms in total. The first kappa shape index (κ1) is 18.2. The summed E-state index contributed by atoms with van der Waals surface area (Å²) >= 11 is 0. The minimum atomic E-state index is -4.37. The van der Waals surface area contributed by atoms with Gasteiger partial charge in [-0.05, 0) is 34.1 Å². The largest absolute Gasteiger partial charge is 1.00 e. The van der Waals surface area contributed by atoms with Gasteiger partial charge in [0.05, 0.1) is 11.2 Å². The van der Waals surface area contributed by atoms with Crippen molar-refractivity contribution in [2.24, 2.45) is 0 Å². The smallest absolute Gasteiger partial charge is 0.390 e. The molecule has 0 rings (SSSR count). The third kappa shape index (κ3) is 7.68. The standard InChI is InChI=1S/C8H18O5S.Na/c1-7(2,9)5-6(8(3,4)10)14(11,12)13;/h6,9-10H,5H2,1-4H3,(H,11,12,13);/q;+1. The van der Waals surface area contributed by atoms with Crippen LogP contribution in [0.3, 0.4) is 0 Å². The zero-order valence-corrected chi connectivity index (χ0v) is 12.7. The van der Waals surface area contributed by atoms with Crippen LogP contribution >= 0.6 is 0 Å². The van der Waals surface area contributed by atoms with E-state index >= 15 is 0 Å². The van der Waals surface area contributed by atoms with Crippen LogP contribution in [0.1, 0.15) is 34.1 Å². The van der Waals surface area contributed by atoms with Crippen molar-refractivity contribution in [3.05, 3.63) is 0 Å². The summed E-state index contributed by atoms with van der Waals surface area (Å²) in [5.74, 6) is 0. The SMILES string of the molecule is CC(C)(O)CC(C(C)(C)O)S(=O)(=O)O.[Na+]. The molecule has 86 valence electrons. The van der Waals surface area contributed by atoms with Crippen LogP contribution in [-0.4, -0.2) is 39.6 Å². The Morgan fingerprint density at radius 3 is 1.53 bits per heavy atom. The monoisotopic (exact) mass is 249 g/mol. The fourth-order valence-corrected chi connectivity index (χ4v) is 2.52.